The number of nitrogens with one attached hydrogen (secondary N) is 1. The van der Waals surface area contributed by atoms with Crippen LogP contribution in [-0.2, 0) is 25.7 Å². The zero-order valence-corrected chi connectivity index (χ0v) is 16.2. The van der Waals surface area contributed by atoms with Gasteiger partial charge in [-0.05, 0) is 35.2 Å². The Hall–Kier alpha value is -2.47. The fourth-order valence-corrected chi connectivity index (χ4v) is 3.08. The second-order valence-corrected chi connectivity index (χ2v) is 8.25. The largest absolute Gasteiger partial charge is 0.452 e. The number of carbonyl (C=O) groups is 2. The minimum atomic E-state index is -1.32. The number of hydrogen-bond acceptors (Lipinski definition) is 4. The SMILES string of the molecule is C[S@@](=O)c1ccccc1C(=O)OCC(=O)Nc1ccc(C(C)(C)C)cc1. The lowest BCUT2D eigenvalue weighted by Crippen LogP contribution is -2.21. The zero-order valence-electron chi connectivity index (χ0n) is 15.4. The average Bonchev–Trinajstić information content (AvgIpc) is 2.59. The molecule has 0 spiro atoms. The van der Waals surface area contributed by atoms with Crippen LogP contribution in [0, 0.1) is 0 Å². The molecule has 0 saturated heterocycles. The van der Waals surface area contributed by atoms with E-state index in [1.165, 1.54) is 12.3 Å². The highest BCUT2D eigenvalue weighted by Gasteiger charge is 2.16. The van der Waals surface area contributed by atoms with Gasteiger partial charge in [-0.3, -0.25) is 9.00 Å². The van der Waals surface area contributed by atoms with Gasteiger partial charge in [0.25, 0.3) is 5.91 Å². The molecule has 2 aromatic rings. The van der Waals surface area contributed by atoms with Crippen molar-refractivity contribution >= 4 is 28.4 Å². The second kappa shape index (κ2) is 8.27. The van der Waals surface area contributed by atoms with Crippen molar-refractivity contribution in [2.75, 3.05) is 18.2 Å². The number of esters is 1. The van der Waals surface area contributed by atoms with Gasteiger partial charge in [-0.25, -0.2) is 4.79 Å². The van der Waals surface area contributed by atoms with Crippen molar-refractivity contribution in [2.24, 2.45) is 0 Å². The van der Waals surface area contributed by atoms with E-state index in [1.807, 2.05) is 24.3 Å². The molecular weight excluding hydrogens is 350 g/mol. The van der Waals surface area contributed by atoms with E-state index in [9.17, 15) is 13.8 Å². The lowest BCUT2D eigenvalue weighted by atomic mass is 9.87. The number of ether oxygens (including phenoxy) is 1. The van der Waals surface area contributed by atoms with Gasteiger partial charge in [0, 0.05) is 11.9 Å². The summed E-state index contributed by atoms with van der Waals surface area (Å²) < 4.78 is 16.7. The van der Waals surface area contributed by atoms with E-state index >= 15 is 0 Å². The number of rotatable bonds is 5. The van der Waals surface area contributed by atoms with Crippen molar-refractivity contribution in [1.82, 2.24) is 0 Å². The Morgan fingerprint density at radius 3 is 2.23 bits per heavy atom. The molecule has 2 rings (SSSR count). The molecule has 0 aliphatic heterocycles. The minimum absolute atomic E-state index is 0.0326. The molecule has 0 fully saturated rings. The summed E-state index contributed by atoms with van der Waals surface area (Å²) in [7, 11) is -1.32. The Balaban J connectivity index is 1.95. The number of amides is 1. The quantitative estimate of drug-likeness (QED) is 0.814. The lowest BCUT2D eigenvalue weighted by Gasteiger charge is -2.19. The smallest absolute Gasteiger partial charge is 0.339 e. The maximum atomic E-state index is 12.1. The van der Waals surface area contributed by atoms with Crippen LogP contribution >= 0.6 is 0 Å². The van der Waals surface area contributed by atoms with Gasteiger partial charge in [0.05, 0.1) is 21.3 Å². The molecule has 1 atom stereocenters. The van der Waals surface area contributed by atoms with E-state index in [0.717, 1.165) is 5.56 Å². The molecule has 0 aliphatic carbocycles. The molecule has 0 aliphatic rings. The summed E-state index contributed by atoms with van der Waals surface area (Å²) in [6.07, 6.45) is 1.49. The molecule has 1 amide bonds. The minimum Gasteiger partial charge on any atom is -0.452 e. The summed E-state index contributed by atoms with van der Waals surface area (Å²) in [5, 5.41) is 2.69. The van der Waals surface area contributed by atoms with Crippen LogP contribution in [-0.4, -0.2) is 28.9 Å². The van der Waals surface area contributed by atoms with E-state index in [1.54, 1.807) is 18.2 Å². The molecule has 0 saturated carbocycles. The lowest BCUT2D eigenvalue weighted by molar-refractivity contribution is -0.119. The van der Waals surface area contributed by atoms with Crippen LogP contribution in [0.25, 0.3) is 0 Å². The Labute approximate surface area is 156 Å². The van der Waals surface area contributed by atoms with Gasteiger partial charge in [0.15, 0.2) is 6.61 Å². The van der Waals surface area contributed by atoms with E-state index in [2.05, 4.69) is 26.1 Å². The summed E-state index contributed by atoms with van der Waals surface area (Å²) in [5.41, 5.74) is 2.03. The Kier molecular flexibility index (Phi) is 6.32. The Bertz CT molecular complexity index is 822. The van der Waals surface area contributed by atoms with Gasteiger partial charge in [-0.15, -0.1) is 0 Å². The number of carbonyl (C=O) groups excluding carboxylic acids is 2. The van der Waals surface area contributed by atoms with Crippen LogP contribution in [0.3, 0.4) is 0 Å². The first-order valence-corrected chi connectivity index (χ1v) is 9.74. The first-order chi connectivity index (χ1) is 12.2. The fraction of sp³-hybridized carbons (Fsp3) is 0.300. The maximum absolute atomic E-state index is 12.1. The van der Waals surface area contributed by atoms with Gasteiger partial charge in [0.1, 0.15) is 0 Å². The Morgan fingerprint density at radius 1 is 1.04 bits per heavy atom. The molecule has 0 heterocycles. The molecule has 5 nitrogen and oxygen atoms in total. The summed E-state index contributed by atoms with van der Waals surface area (Å²) in [6.45, 7) is 5.92. The Morgan fingerprint density at radius 2 is 1.65 bits per heavy atom. The predicted molar refractivity (Wildman–Crippen MR) is 103 cm³/mol. The van der Waals surface area contributed by atoms with Crippen LogP contribution in [0.4, 0.5) is 5.69 Å². The third kappa shape index (κ3) is 5.26. The van der Waals surface area contributed by atoms with Crippen LogP contribution in [0.5, 0.6) is 0 Å². The molecular formula is C20H23NO4S. The number of benzene rings is 2. The van der Waals surface area contributed by atoms with Gasteiger partial charge < -0.3 is 10.1 Å². The summed E-state index contributed by atoms with van der Waals surface area (Å²) >= 11 is 0. The summed E-state index contributed by atoms with van der Waals surface area (Å²) in [5.74, 6) is -1.11. The summed E-state index contributed by atoms with van der Waals surface area (Å²) in [6, 6.07) is 14.0. The first kappa shape index (κ1) is 19.8. The highest BCUT2D eigenvalue weighted by Crippen LogP contribution is 2.23. The van der Waals surface area contributed by atoms with Crippen LogP contribution < -0.4 is 5.32 Å². The van der Waals surface area contributed by atoms with Gasteiger partial charge >= 0.3 is 5.97 Å². The van der Waals surface area contributed by atoms with E-state index in [-0.39, 0.29) is 11.0 Å². The van der Waals surface area contributed by atoms with Crippen LogP contribution in [0.15, 0.2) is 53.4 Å². The standard InChI is InChI=1S/C20H23NO4S/c1-20(2,3)14-9-11-15(12-10-14)21-18(22)13-25-19(23)16-7-5-6-8-17(16)26(4)24/h5-12H,13H2,1-4H3,(H,21,22)/t26-/m1/s1. The monoisotopic (exact) mass is 373 g/mol. The molecule has 1 N–H and O–H groups in total. The molecule has 0 aromatic heterocycles. The van der Waals surface area contributed by atoms with E-state index < -0.39 is 29.3 Å². The van der Waals surface area contributed by atoms with Crippen LogP contribution in [0.2, 0.25) is 0 Å². The van der Waals surface area contributed by atoms with Crippen molar-refractivity contribution in [2.45, 2.75) is 31.1 Å². The molecule has 6 heteroatoms. The number of hydrogen-bond donors (Lipinski definition) is 1. The predicted octanol–water partition coefficient (Wildman–Crippen LogP) is 3.52. The topological polar surface area (TPSA) is 72.5 Å². The molecule has 2 aromatic carbocycles. The van der Waals surface area contributed by atoms with Crippen molar-refractivity contribution < 1.29 is 18.5 Å². The highest BCUT2D eigenvalue weighted by molar-refractivity contribution is 7.84. The van der Waals surface area contributed by atoms with Gasteiger partial charge in [0.2, 0.25) is 0 Å². The fourth-order valence-electron chi connectivity index (χ4n) is 2.35. The molecule has 0 radical (unpaired) electrons. The van der Waals surface area contributed by atoms with Crippen molar-refractivity contribution in [3.8, 4) is 0 Å². The van der Waals surface area contributed by atoms with Crippen LogP contribution in [0.1, 0.15) is 36.7 Å². The molecule has 26 heavy (non-hydrogen) atoms. The normalized spacial score (nSPS) is 12.3. The second-order valence-electron chi connectivity index (χ2n) is 6.90. The van der Waals surface area contributed by atoms with Gasteiger partial charge in [-0.2, -0.15) is 0 Å². The van der Waals surface area contributed by atoms with Gasteiger partial charge in [-0.1, -0.05) is 45.0 Å². The summed E-state index contributed by atoms with van der Waals surface area (Å²) in [4.78, 5) is 24.5. The molecule has 0 unspecified atom stereocenters. The van der Waals surface area contributed by atoms with Crippen molar-refractivity contribution in [1.29, 1.82) is 0 Å². The zero-order chi connectivity index (χ0) is 19.3. The highest BCUT2D eigenvalue weighted by atomic mass is 32.2. The van der Waals surface area contributed by atoms with Crippen molar-refractivity contribution in [3.63, 3.8) is 0 Å². The molecule has 138 valence electrons. The third-order valence-electron chi connectivity index (χ3n) is 3.79. The van der Waals surface area contributed by atoms with E-state index in [0.29, 0.717) is 10.6 Å². The number of anilines is 1. The van der Waals surface area contributed by atoms with E-state index in [4.69, 9.17) is 4.74 Å². The maximum Gasteiger partial charge on any atom is 0.339 e. The third-order valence-corrected chi connectivity index (χ3v) is 4.76. The van der Waals surface area contributed by atoms with Crippen molar-refractivity contribution in [3.05, 3.63) is 59.7 Å². The average molecular weight is 373 g/mol. The first-order valence-electron chi connectivity index (χ1n) is 8.18. The molecule has 0 bridgehead atoms.